The van der Waals surface area contributed by atoms with Crippen molar-refractivity contribution in [1.29, 1.82) is 0 Å². The zero-order chi connectivity index (χ0) is 21.1. The number of hydrogen-bond acceptors (Lipinski definition) is 3. The third-order valence-corrected chi connectivity index (χ3v) is 5.34. The lowest BCUT2D eigenvalue weighted by atomic mass is 9.92. The smallest absolute Gasteiger partial charge is 0.189 e. The molecule has 5 heteroatoms. The van der Waals surface area contributed by atoms with Crippen molar-refractivity contribution >= 4 is 45.6 Å². The maximum atomic E-state index is 13.2. The maximum absolute atomic E-state index is 13.2. The number of allylic oxidation sites excluding steroid dienone is 1. The van der Waals surface area contributed by atoms with Crippen LogP contribution >= 0.6 is 23.2 Å². The monoisotopic (exact) mass is 432 g/mol. The van der Waals surface area contributed by atoms with Gasteiger partial charge in [0, 0.05) is 50.2 Å². The molecule has 0 saturated heterocycles. The van der Waals surface area contributed by atoms with E-state index >= 15 is 0 Å². The Kier molecular flexibility index (Phi) is 5.84. The minimum Gasteiger partial charge on any atom is -0.362 e. The summed E-state index contributed by atoms with van der Waals surface area (Å²) in [5, 5.41) is 5.03. The molecule has 1 heterocycles. The van der Waals surface area contributed by atoms with Crippen LogP contribution in [0, 0.1) is 6.92 Å². The third kappa shape index (κ3) is 4.09. The Hall–Kier alpha value is -3.14. The predicted molar refractivity (Wildman–Crippen MR) is 125 cm³/mol. The zero-order valence-electron chi connectivity index (χ0n) is 16.2. The highest BCUT2D eigenvalue weighted by molar-refractivity contribution is 6.35. The van der Waals surface area contributed by atoms with Gasteiger partial charge in [-0.15, -0.1) is 0 Å². The summed E-state index contributed by atoms with van der Waals surface area (Å²) < 4.78 is 0. The van der Waals surface area contributed by atoms with Crippen LogP contribution in [0.15, 0.2) is 85.1 Å². The van der Waals surface area contributed by atoms with Gasteiger partial charge >= 0.3 is 0 Å². The van der Waals surface area contributed by atoms with Crippen molar-refractivity contribution in [3.05, 3.63) is 106 Å². The Morgan fingerprint density at radius 1 is 0.967 bits per heavy atom. The van der Waals surface area contributed by atoms with Gasteiger partial charge in [-0.05, 0) is 43.3 Å². The van der Waals surface area contributed by atoms with E-state index in [-0.39, 0.29) is 5.78 Å². The number of hydrogen-bond donors (Lipinski definition) is 1. The highest BCUT2D eigenvalue weighted by Gasteiger charge is 2.20. The SMILES string of the molecule is Cc1nc2ccc(Cl)cc2c(-c2ccccc2Cl)c1C(=O)/C=C/Nc1ccccc1. The van der Waals surface area contributed by atoms with E-state index in [4.69, 9.17) is 23.2 Å². The summed E-state index contributed by atoms with van der Waals surface area (Å²) in [6.07, 6.45) is 3.14. The predicted octanol–water partition coefficient (Wildman–Crippen LogP) is 7.33. The average molecular weight is 433 g/mol. The quantitative estimate of drug-likeness (QED) is 0.265. The van der Waals surface area contributed by atoms with E-state index < -0.39 is 0 Å². The molecule has 0 aliphatic rings. The first-order valence-electron chi connectivity index (χ1n) is 9.42. The number of fused-ring (bicyclic) bond motifs is 1. The molecule has 0 aliphatic carbocycles. The lowest BCUT2D eigenvalue weighted by molar-refractivity contribution is 0.104. The van der Waals surface area contributed by atoms with Crippen molar-refractivity contribution in [3.8, 4) is 11.1 Å². The summed E-state index contributed by atoms with van der Waals surface area (Å²) in [6, 6.07) is 22.6. The van der Waals surface area contributed by atoms with Crippen LogP contribution in [0.4, 0.5) is 5.69 Å². The van der Waals surface area contributed by atoms with E-state index in [1.54, 1.807) is 12.3 Å². The van der Waals surface area contributed by atoms with Crippen molar-refractivity contribution in [1.82, 2.24) is 4.98 Å². The molecule has 0 saturated carbocycles. The number of halogens is 2. The normalized spacial score (nSPS) is 11.2. The Balaban J connectivity index is 1.86. The summed E-state index contributed by atoms with van der Waals surface area (Å²) in [5.74, 6) is -0.166. The molecule has 1 aromatic heterocycles. The number of nitrogens with one attached hydrogen (secondary N) is 1. The molecule has 3 aromatic carbocycles. The molecule has 4 aromatic rings. The van der Waals surface area contributed by atoms with E-state index in [1.807, 2.05) is 73.7 Å². The van der Waals surface area contributed by atoms with Gasteiger partial charge < -0.3 is 5.32 Å². The fourth-order valence-electron chi connectivity index (χ4n) is 3.43. The van der Waals surface area contributed by atoms with Gasteiger partial charge in [-0.2, -0.15) is 0 Å². The molecule has 0 radical (unpaired) electrons. The van der Waals surface area contributed by atoms with Gasteiger partial charge in [0.05, 0.1) is 11.1 Å². The third-order valence-electron chi connectivity index (χ3n) is 4.78. The Labute approximate surface area is 185 Å². The molecule has 4 rings (SSSR count). The highest BCUT2D eigenvalue weighted by atomic mass is 35.5. The number of nitrogens with zero attached hydrogens (tertiary/aromatic N) is 1. The number of carbonyl (C=O) groups excluding carboxylic acids is 1. The molecule has 0 aliphatic heterocycles. The average Bonchev–Trinajstić information content (AvgIpc) is 2.74. The van der Waals surface area contributed by atoms with Crippen LogP contribution in [-0.2, 0) is 0 Å². The minimum atomic E-state index is -0.166. The molecule has 30 heavy (non-hydrogen) atoms. The number of para-hydroxylation sites is 1. The molecule has 0 bridgehead atoms. The van der Waals surface area contributed by atoms with Gasteiger partial charge in [0.15, 0.2) is 5.78 Å². The summed E-state index contributed by atoms with van der Waals surface area (Å²) in [5.41, 5.74) is 4.30. The number of carbonyl (C=O) groups is 1. The summed E-state index contributed by atoms with van der Waals surface area (Å²) in [4.78, 5) is 17.9. The first kappa shape index (κ1) is 20.1. The minimum absolute atomic E-state index is 0.166. The van der Waals surface area contributed by atoms with Crippen molar-refractivity contribution in [2.45, 2.75) is 6.92 Å². The largest absolute Gasteiger partial charge is 0.362 e. The Morgan fingerprint density at radius 2 is 1.70 bits per heavy atom. The fourth-order valence-corrected chi connectivity index (χ4v) is 3.84. The fraction of sp³-hybridized carbons (Fsp3) is 0.0400. The van der Waals surface area contributed by atoms with Crippen LogP contribution < -0.4 is 5.32 Å². The van der Waals surface area contributed by atoms with Gasteiger partial charge in [0.2, 0.25) is 0 Å². The maximum Gasteiger partial charge on any atom is 0.189 e. The Morgan fingerprint density at radius 3 is 2.47 bits per heavy atom. The summed E-state index contributed by atoms with van der Waals surface area (Å²) in [7, 11) is 0. The zero-order valence-corrected chi connectivity index (χ0v) is 17.7. The van der Waals surface area contributed by atoms with Gasteiger partial charge in [-0.25, -0.2) is 0 Å². The lowest BCUT2D eigenvalue weighted by Crippen LogP contribution is -2.06. The number of aryl methyl sites for hydroxylation is 1. The molecule has 0 spiro atoms. The molecule has 1 N–H and O–H groups in total. The number of ketones is 1. The van der Waals surface area contributed by atoms with E-state index in [2.05, 4.69) is 10.3 Å². The topological polar surface area (TPSA) is 42.0 Å². The van der Waals surface area contributed by atoms with Gasteiger partial charge in [-0.1, -0.05) is 59.6 Å². The number of anilines is 1. The highest BCUT2D eigenvalue weighted by Crippen LogP contribution is 2.38. The van der Waals surface area contributed by atoms with E-state index in [1.165, 1.54) is 6.08 Å². The summed E-state index contributed by atoms with van der Waals surface area (Å²) in [6.45, 7) is 1.83. The van der Waals surface area contributed by atoms with Gasteiger partial charge in [-0.3, -0.25) is 9.78 Å². The van der Waals surface area contributed by atoms with E-state index in [0.29, 0.717) is 21.3 Å². The van der Waals surface area contributed by atoms with E-state index in [9.17, 15) is 4.79 Å². The van der Waals surface area contributed by atoms with Crippen molar-refractivity contribution in [2.24, 2.45) is 0 Å². The molecule has 3 nitrogen and oxygen atoms in total. The second-order valence-electron chi connectivity index (χ2n) is 6.80. The van der Waals surface area contributed by atoms with Crippen LogP contribution in [-0.4, -0.2) is 10.8 Å². The van der Waals surface area contributed by atoms with Crippen LogP contribution in [0.5, 0.6) is 0 Å². The second kappa shape index (κ2) is 8.70. The molecule has 0 amide bonds. The van der Waals surface area contributed by atoms with Crippen LogP contribution in [0.1, 0.15) is 16.1 Å². The van der Waals surface area contributed by atoms with Gasteiger partial charge in [0.1, 0.15) is 0 Å². The Bertz CT molecular complexity index is 1270. The second-order valence-corrected chi connectivity index (χ2v) is 7.64. The molecule has 0 fully saturated rings. The first-order valence-corrected chi connectivity index (χ1v) is 10.2. The lowest BCUT2D eigenvalue weighted by Gasteiger charge is -2.15. The molecular weight excluding hydrogens is 415 g/mol. The van der Waals surface area contributed by atoms with Crippen LogP contribution in [0.3, 0.4) is 0 Å². The van der Waals surface area contributed by atoms with Crippen molar-refractivity contribution < 1.29 is 4.79 Å². The molecular formula is C25H18Cl2N2O. The summed E-state index contributed by atoms with van der Waals surface area (Å²) >= 11 is 12.8. The van der Waals surface area contributed by atoms with Gasteiger partial charge in [0.25, 0.3) is 0 Å². The van der Waals surface area contributed by atoms with Crippen LogP contribution in [0.2, 0.25) is 10.0 Å². The molecule has 0 unspecified atom stereocenters. The van der Waals surface area contributed by atoms with E-state index in [0.717, 1.165) is 27.7 Å². The molecule has 0 atom stereocenters. The number of rotatable bonds is 5. The number of benzene rings is 3. The number of pyridine rings is 1. The van der Waals surface area contributed by atoms with Crippen LogP contribution in [0.25, 0.3) is 22.0 Å². The van der Waals surface area contributed by atoms with Crippen molar-refractivity contribution in [2.75, 3.05) is 5.32 Å². The standard InChI is InChI=1S/C25H18Cl2N2O/c1-16-24(23(30)13-14-28-18-7-3-2-4-8-18)25(19-9-5-6-10-21(19)27)20-15-17(26)11-12-22(20)29-16/h2-15,28H,1H3/b14-13+. The molecule has 148 valence electrons. The van der Waals surface area contributed by atoms with Crippen molar-refractivity contribution in [3.63, 3.8) is 0 Å². The number of aromatic nitrogens is 1. The first-order chi connectivity index (χ1) is 14.5.